The third-order valence-electron chi connectivity index (χ3n) is 9.32. The van der Waals surface area contributed by atoms with Gasteiger partial charge in [-0.2, -0.15) is 4.31 Å². The Morgan fingerprint density at radius 3 is 2.41 bits per heavy atom. The lowest BCUT2D eigenvalue weighted by Crippen LogP contribution is -2.54. The van der Waals surface area contributed by atoms with Crippen molar-refractivity contribution in [1.82, 2.24) is 4.31 Å². The molecule has 2 heterocycles. The van der Waals surface area contributed by atoms with Crippen LogP contribution < -0.4 is 19.1 Å². The van der Waals surface area contributed by atoms with E-state index in [1.807, 2.05) is 85.8 Å². The largest absolute Gasteiger partial charge is 0.497 e. The van der Waals surface area contributed by atoms with E-state index in [1.165, 1.54) is 0 Å². The second kappa shape index (κ2) is 16.1. The molecule has 6 rings (SSSR count). The Morgan fingerprint density at radius 2 is 1.67 bits per heavy atom. The Labute approximate surface area is 290 Å². The lowest BCUT2D eigenvalue weighted by atomic mass is 9.84. The van der Waals surface area contributed by atoms with Gasteiger partial charge in [-0.15, -0.1) is 0 Å². The van der Waals surface area contributed by atoms with E-state index in [1.54, 1.807) is 30.7 Å². The zero-order valence-electron chi connectivity index (χ0n) is 28.5. The minimum absolute atomic E-state index is 0.0914. The monoisotopic (exact) mass is 686 g/mol. The quantitative estimate of drug-likeness (QED) is 0.140. The van der Waals surface area contributed by atoms with Crippen molar-refractivity contribution < 1.29 is 32.1 Å². The van der Waals surface area contributed by atoms with Gasteiger partial charge in [-0.05, 0) is 79.4 Å². The molecule has 0 bridgehead atoms. The molecule has 2 aliphatic rings. The number of hydrogen-bond donors (Lipinski definition) is 0. The van der Waals surface area contributed by atoms with Crippen LogP contribution in [0.4, 0.5) is 5.69 Å². The fourth-order valence-electron chi connectivity index (χ4n) is 6.63. The van der Waals surface area contributed by atoms with Gasteiger partial charge in [0.25, 0.3) is 0 Å². The van der Waals surface area contributed by atoms with Crippen molar-refractivity contribution in [3.63, 3.8) is 0 Å². The normalized spacial score (nSPS) is 19.6. The van der Waals surface area contributed by atoms with Crippen molar-refractivity contribution >= 4 is 15.7 Å². The molecule has 49 heavy (non-hydrogen) atoms. The number of piperidine rings is 1. The van der Waals surface area contributed by atoms with Gasteiger partial charge in [-0.25, -0.2) is 8.42 Å². The number of sulfonamides is 1. The van der Waals surface area contributed by atoms with Crippen LogP contribution >= 0.6 is 0 Å². The Balaban J connectivity index is 1.30. The van der Waals surface area contributed by atoms with Crippen LogP contribution in [0.3, 0.4) is 0 Å². The van der Waals surface area contributed by atoms with Crippen LogP contribution in [0.5, 0.6) is 17.2 Å². The summed E-state index contributed by atoms with van der Waals surface area (Å²) >= 11 is 0. The fraction of sp³-hybridized carbons (Fsp3) is 0.385. The third-order valence-corrected chi connectivity index (χ3v) is 11.3. The van der Waals surface area contributed by atoms with E-state index in [4.69, 9.17) is 23.7 Å². The first-order valence-corrected chi connectivity index (χ1v) is 18.3. The minimum atomic E-state index is -3.88. The van der Waals surface area contributed by atoms with E-state index in [2.05, 4.69) is 11.0 Å². The molecule has 3 atom stereocenters. The molecule has 1 fully saturated rings. The number of anilines is 1. The van der Waals surface area contributed by atoms with Crippen molar-refractivity contribution in [3.05, 3.63) is 114 Å². The summed E-state index contributed by atoms with van der Waals surface area (Å²) in [5.41, 5.74) is 4.10. The Hall–Kier alpha value is -4.09. The molecular formula is C39H46N2O7S. The lowest BCUT2D eigenvalue weighted by molar-refractivity contribution is -0.0253. The molecule has 10 heteroatoms. The van der Waals surface area contributed by atoms with Gasteiger partial charge in [0.2, 0.25) is 10.0 Å². The lowest BCUT2D eigenvalue weighted by Gasteiger charge is -2.43. The molecule has 0 amide bonds. The van der Waals surface area contributed by atoms with Gasteiger partial charge >= 0.3 is 0 Å². The van der Waals surface area contributed by atoms with Gasteiger partial charge in [0, 0.05) is 32.7 Å². The molecule has 0 spiro atoms. The van der Waals surface area contributed by atoms with Crippen LogP contribution in [-0.2, 0) is 26.1 Å². The summed E-state index contributed by atoms with van der Waals surface area (Å²) in [7, 11) is -0.507. The summed E-state index contributed by atoms with van der Waals surface area (Å²) in [5, 5.41) is 0. The maximum atomic E-state index is 14.3. The number of fused-ring (bicyclic) bond motifs is 1. The van der Waals surface area contributed by atoms with Gasteiger partial charge in [-0.1, -0.05) is 54.1 Å². The minimum Gasteiger partial charge on any atom is -0.497 e. The number of rotatable bonds is 14. The Bertz CT molecular complexity index is 1750. The summed E-state index contributed by atoms with van der Waals surface area (Å²) in [6.45, 7) is 5.66. The molecular weight excluding hydrogens is 641 g/mol. The summed E-state index contributed by atoms with van der Waals surface area (Å²) < 4.78 is 59.9. The standard InChI is InChI=1S/C39H46N2O7S/c1-29-10-17-35(18-11-29)49(42,43)41-26-39(48-27-30-12-19-38-37(24-30)40(21-23-46-38)20-7-22-44-2)36(31-13-15-33(45-3)16-14-31)25-32(41)28-47-34-8-5-4-6-9-34/h4-6,8-19,24,32,36,39H,7,20-23,25-28H2,1-3H3/t32-,36+,39-/m0/s1. The molecule has 0 saturated carbocycles. The number of para-hydroxylation sites is 1. The summed E-state index contributed by atoms with van der Waals surface area (Å²) in [6, 6.07) is 30.3. The second-order valence-corrected chi connectivity index (χ2v) is 14.5. The molecule has 0 N–H and O–H groups in total. The SMILES string of the molecule is COCCCN1CCOc2ccc(CO[C@H]3CN(S(=O)(=O)c4ccc(C)cc4)[C@H](COc4ccccc4)C[C@@H]3c3ccc(OC)cc3)cc21. The number of ether oxygens (including phenoxy) is 5. The van der Waals surface area contributed by atoms with E-state index in [-0.39, 0.29) is 24.0 Å². The van der Waals surface area contributed by atoms with Gasteiger partial charge in [0.05, 0.1) is 43.0 Å². The summed E-state index contributed by atoms with van der Waals surface area (Å²) in [4.78, 5) is 2.59. The first kappa shape index (κ1) is 34.8. The summed E-state index contributed by atoms with van der Waals surface area (Å²) in [6.07, 6.45) is 1.01. The van der Waals surface area contributed by atoms with E-state index in [9.17, 15) is 8.42 Å². The predicted octanol–water partition coefficient (Wildman–Crippen LogP) is 6.45. The third kappa shape index (κ3) is 8.38. The maximum absolute atomic E-state index is 14.3. The van der Waals surface area contributed by atoms with Crippen LogP contribution in [0.15, 0.2) is 102 Å². The highest BCUT2D eigenvalue weighted by Crippen LogP contribution is 2.39. The van der Waals surface area contributed by atoms with Crippen molar-refractivity contribution in [3.8, 4) is 17.2 Å². The first-order chi connectivity index (χ1) is 23.9. The van der Waals surface area contributed by atoms with E-state index in [0.29, 0.717) is 32.0 Å². The maximum Gasteiger partial charge on any atom is 0.243 e. The molecule has 0 unspecified atom stereocenters. The number of aryl methyl sites for hydroxylation is 1. The Morgan fingerprint density at radius 1 is 0.898 bits per heavy atom. The van der Waals surface area contributed by atoms with Crippen molar-refractivity contribution in [2.24, 2.45) is 0 Å². The zero-order chi connectivity index (χ0) is 34.2. The molecule has 0 aliphatic carbocycles. The second-order valence-electron chi connectivity index (χ2n) is 12.6. The topological polar surface area (TPSA) is 86.8 Å². The highest BCUT2D eigenvalue weighted by Gasteiger charge is 2.43. The molecule has 2 aliphatic heterocycles. The highest BCUT2D eigenvalue weighted by molar-refractivity contribution is 7.89. The smallest absolute Gasteiger partial charge is 0.243 e. The zero-order valence-corrected chi connectivity index (χ0v) is 29.3. The van der Waals surface area contributed by atoms with Crippen LogP contribution in [-0.4, -0.2) is 78.5 Å². The van der Waals surface area contributed by atoms with Crippen molar-refractivity contribution in [2.75, 3.05) is 58.6 Å². The van der Waals surface area contributed by atoms with Gasteiger partial charge in [0.1, 0.15) is 30.5 Å². The first-order valence-electron chi connectivity index (χ1n) is 16.9. The molecule has 4 aromatic carbocycles. The fourth-order valence-corrected chi connectivity index (χ4v) is 8.26. The van der Waals surface area contributed by atoms with Crippen LogP contribution in [0.25, 0.3) is 0 Å². The van der Waals surface area contributed by atoms with E-state index < -0.39 is 22.2 Å². The van der Waals surface area contributed by atoms with Gasteiger partial charge in [0.15, 0.2) is 0 Å². The highest BCUT2D eigenvalue weighted by atomic mass is 32.2. The number of nitrogens with zero attached hydrogens (tertiary/aromatic N) is 2. The number of benzene rings is 4. The van der Waals surface area contributed by atoms with Crippen molar-refractivity contribution in [1.29, 1.82) is 0 Å². The van der Waals surface area contributed by atoms with Gasteiger partial charge in [-0.3, -0.25) is 0 Å². The van der Waals surface area contributed by atoms with Crippen molar-refractivity contribution in [2.45, 2.75) is 49.3 Å². The van der Waals surface area contributed by atoms with E-state index in [0.717, 1.165) is 53.4 Å². The average molecular weight is 687 g/mol. The molecule has 4 aromatic rings. The average Bonchev–Trinajstić information content (AvgIpc) is 3.14. The van der Waals surface area contributed by atoms with Crippen LogP contribution in [0.2, 0.25) is 0 Å². The van der Waals surface area contributed by atoms with Gasteiger partial charge < -0.3 is 28.6 Å². The molecule has 1 saturated heterocycles. The Kier molecular flexibility index (Phi) is 11.4. The molecule has 0 aromatic heterocycles. The number of methoxy groups -OCH3 is 2. The molecule has 260 valence electrons. The van der Waals surface area contributed by atoms with Crippen LogP contribution in [0, 0.1) is 6.92 Å². The molecule has 9 nitrogen and oxygen atoms in total. The molecule has 0 radical (unpaired) electrons. The van der Waals surface area contributed by atoms with E-state index >= 15 is 0 Å². The summed E-state index contributed by atoms with van der Waals surface area (Å²) in [5.74, 6) is 2.22. The van der Waals surface area contributed by atoms with Crippen LogP contribution in [0.1, 0.15) is 35.4 Å². The number of hydrogen-bond acceptors (Lipinski definition) is 8. The predicted molar refractivity (Wildman–Crippen MR) is 190 cm³/mol.